The lowest BCUT2D eigenvalue weighted by atomic mass is 9.90. The third-order valence-electron chi connectivity index (χ3n) is 4.91. The summed E-state index contributed by atoms with van der Waals surface area (Å²) in [5.74, 6) is -1.17. The number of amides is 1. The van der Waals surface area contributed by atoms with Crippen LogP contribution in [-0.2, 0) is 20.4 Å². The molecule has 2 aromatic carbocycles. The number of ether oxygens (including phenoxy) is 3. The Morgan fingerprint density at radius 2 is 1.78 bits per heavy atom. The third-order valence-corrected chi connectivity index (χ3v) is 4.91. The second-order valence-corrected chi connectivity index (χ2v) is 8.43. The molecule has 1 aliphatic rings. The fourth-order valence-electron chi connectivity index (χ4n) is 3.05. The van der Waals surface area contributed by atoms with Gasteiger partial charge in [-0.25, -0.2) is 4.39 Å². The zero-order valence-corrected chi connectivity index (χ0v) is 18.0. The summed E-state index contributed by atoms with van der Waals surface area (Å²) in [7, 11) is 0. The van der Waals surface area contributed by atoms with Crippen molar-refractivity contribution in [2.45, 2.75) is 33.2 Å². The maximum atomic E-state index is 13.5. The SMILES string of the molecule is CC(C)COc1ccc(NC(=O)C2(C)COC(c3ccc(F)cc3)OC2)cc1C(F)(F)F. The molecular weight excluding hydrogens is 430 g/mol. The van der Waals surface area contributed by atoms with Gasteiger partial charge in [0.15, 0.2) is 6.29 Å². The molecule has 1 N–H and O–H groups in total. The number of rotatable bonds is 6. The summed E-state index contributed by atoms with van der Waals surface area (Å²) in [6, 6.07) is 8.99. The summed E-state index contributed by atoms with van der Waals surface area (Å²) in [5.41, 5.74) is -1.50. The number of hydrogen-bond donors (Lipinski definition) is 1. The van der Waals surface area contributed by atoms with E-state index in [0.717, 1.165) is 6.07 Å². The minimum absolute atomic E-state index is 0.0129. The van der Waals surface area contributed by atoms with Gasteiger partial charge < -0.3 is 19.5 Å². The first-order valence-electron chi connectivity index (χ1n) is 10.1. The fourth-order valence-corrected chi connectivity index (χ4v) is 3.05. The van der Waals surface area contributed by atoms with Crippen molar-refractivity contribution >= 4 is 11.6 Å². The molecule has 1 aliphatic heterocycles. The van der Waals surface area contributed by atoms with Crippen LogP contribution in [0.3, 0.4) is 0 Å². The first-order valence-corrected chi connectivity index (χ1v) is 10.1. The van der Waals surface area contributed by atoms with Crippen molar-refractivity contribution in [1.29, 1.82) is 0 Å². The summed E-state index contributed by atoms with van der Waals surface area (Å²) >= 11 is 0. The standard InChI is InChI=1S/C23H25F4NO4/c1-14(2)11-30-19-9-8-17(10-18(19)23(25,26)27)28-21(29)22(3)12-31-20(32-13-22)15-4-6-16(24)7-5-15/h4-10,14,20H,11-13H2,1-3H3,(H,28,29). The van der Waals surface area contributed by atoms with Gasteiger partial charge >= 0.3 is 6.18 Å². The molecule has 5 nitrogen and oxygen atoms in total. The Morgan fingerprint density at radius 3 is 2.34 bits per heavy atom. The molecule has 9 heteroatoms. The van der Waals surface area contributed by atoms with Crippen LogP contribution in [0, 0.1) is 17.2 Å². The topological polar surface area (TPSA) is 56.8 Å². The molecule has 2 aromatic rings. The molecule has 0 bridgehead atoms. The molecule has 174 valence electrons. The Morgan fingerprint density at radius 1 is 1.16 bits per heavy atom. The fraction of sp³-hybridized carbons (Fsp3) is 0.435. The van der Waals surface area contributed by atoms with Gasteiger partial charge in [-0.05, 0) is 43.2 Å². The van der Waals surface area contributed by atoms with E-state index in [2.05, 4.69) is 5.32 Å². The number of anilines is 1. The predicted molar refractivity (Wildman–Crippen MR) is 110 cm³/mol. The van der Waals surface area contributed by atoms with Gasteiger partial charge in [0, 0.05) is 11.3 Å². The van der Waals surface area contributed by atoms with Crippen LogP contribution >= 0.6 is 0 Å². The normalized spacial score (nSPS) is 21.4. The van der Waals surface area contributed by atoms with Gasteiger partial charge in [0.1, 0.15) is 11.6 Å². The highest BCUT2D eigenvalue weighted by Crippen LogP contribution is 2.39. The second kappa shape index (κ2) is 9.46. The number of hydrogen-bond acceptors (Lipinski definition) is 4. The average molecular weight is 455 g/mol. The molecule has 0 spiro atoms. The van der Waals surface area contributed by atoms with Crippen LogP contribution in [0.25, 0.3) is 0 Å². The second-order valence-electron chi connectivity index (χ2n) is 8.43. The van der Waals surface area contributed by atoms with Crippen molar-refractivity contribution in [2.75, 3.05) is 25.1 Å². The van der Waals surface area contributed by atoms with Gasteiger partial charge in [-0.15, -0.1) is 0 Å². The van der Waals surface area contributed by atoms with Crippen molar-refractivity contribution < 1.29 is 36.6 Å². The third kappa shape index (κ3) is 5.77. The Hall–Kier alpha value is -2.65. The smallest absolute Gasteiger partial charge is 0.420 e. The van der Waals surface area contributed by atoms with Crippen molar-refractivity contribution in [3.05, 3.63) is 59.4 Å². The summed E-state index contributed by atoms with van der Waals surface area (Å²) in [6.07, 6.45) is -5.40. The minimum Gasteiger partial charge on any atom is -0.493 e. The molecular formula is C23H25F4NO4. The molecule has 1 saturated heterocycles. The van der Waals surface area contributed by atoms with Crippen LogP contribution in [0.15, 0.2) is 42.5 Å². The van der Waals surface area contributed by atoms with Crippen LogP contribution < -0.4 is 10.1 Å². The lowest BCUT2D eigenvalue weighted by Gasteiger charge is -2.36. The minimum atomic E-state index is -4.64. The quantitative estimate of drug-likeness (QED) is 0.579. The predicted octanol–water partition coefficient (Wildman–Crippen LogP) is 5.57. The van der Waals surface area contributed by atoms with Gasteiger partial charge in [0.05, 0.1) is 30.8 Å². The molecule has 0 unspecified atom stereocenters. The van der Waals surface area contributed by atoms with Crippen molar-refractivity contribution in [3.8, 4) is 5.75 Å². The molecule has 1 amide bonds. The molecule has 0 atom stereocenters. The number of nitrogens with one attached hydrogen (secondary N) is 1. The van der Waals surface area contributed by atoms with Gasteiger partial charge in [-0.3, -0.25) is 4.79 Å². The zero-order chi connectivity index (χ0) is 23.5. The zero-order valence-electron chi connectivity index (χ0n) is 18.0. The first kappa shape index (κ1) is 24.0. The first-order chi connectivity index (χ1) is 15.0. The van der Waals surface area contributed by atoms with Gasteiger partial charge in [0.2, 0.25) is 5.91 Å². The van der Waals surface area contributed by atoms with Gasteiger partial charge in [0.25, 0.3) is 0 Å². The van der Waals surface area contributed by atoms with Gasteiger partial charge in [-0.2, -0.15) is 13.2 Å². The Balaban J connectivity index is 1.69. The number of benzene rings is 2. The maximum absolute atomic E-state index is 13.5. The number of carbonyl (C=O) groups is 1. The van der Waals surface area contributed by atoms with E-state index in [1.54, 1.807) is 6.92 Å². The highest BCUT2D eigenvalue weighted by Gasteiger charge is 2.40. The van der Waals surface area contributed by atoms with Gasteiger partial charge in [-0.1, -0.05) is 26.0 Å². The summed E-state index contributed by atoms with van der Waals surface area (Å²) in [6.45, 7) is 5.34. The van der Waals surface area contributed by atoms with E-state index >= 15 is 0 Å². The van der Waals surface area contributed by atoms with E-state index in [-0.39, 0.29) is 37.2 Å². The maximum Gasteiger partial charge on any atom is 0.420 e. The molecule has 1 fully saturated rings. The molecule has 3 rings (SSSR count). The number of alkyl halides is 3. The van der Waals surface area contributed by atoms with E-state index in [1.807, 2.05) is 13.8 Å². The van der Waals surface area contributed by atoms with Crippen LogP contribution in [-0.4, -0.2) is 25.7 Å². The summed E-state index contributed by atoms with van der Waals surface area (Å²) in [5, 5.41) is 2.51. The Bertz CT molecular complexity index is 936. The lowest BCUT2D eigenvalue weighted by molar-refractivity contribution is -0.226. The van der Waals surface area contributed by atoms with Crippen molar-refractivity contribution in [3.63, 3.8) is 0 Å². The monoisotopic (exact) mass is 455 g/mol. The molecule has 32 heavy (non-hydrogen) atoms. The molecule has 0 aromatic heterocycles. The number of halogens is 4. The van der Waals surface area contributed by atoms with Crippen molar-refractivity contribution in [2.24, 2.45) is 11.3 Å². The van der Waals surface area contributed by atoms with Crippen LogP contribution in [0.2, 0.25) is 0 Å². The van der Waals surface area contributed by atoms with E-state index in [4.69, 9.17) is 14.2 Å². The summed E-state index contributed by atoms with van der Waals surface area (Å²) < 4.78 is 70.1. The van der Waals surface area contributed by atoms with E-state index in [1.165, 1.54) is 36.4 Å². The lowest BCUT2D eigenvalue weighted by Crippen LogP contribution is -2.45. The largest absolute Gasteiger partial charge is 0.493 e. The number of carbonyl (C=O) groups excluding carboxylic acids is 1. The Labute approximate surface area is 183 Å². The molecule has 1 heterocycles. The van der Waals surface area contributed by atoms with Crippen molar-refractivity contribution in [1.82, 2.24) is 0 Å². The average Bonchev–Trinajstić information content (AvgIpc) is 2.73. The van der Waals surface area contributed by atoms with E-state index in [0.29, 0.717) is 5.56 Å². The summed E-state index contributed by atoms with van der Waals surface area (Å²) in [4.78, 5) is 12.8. The van der Waals surface area contributed by atoms with Crippen LogP contribution in [0.4, 0.5) is 23.2 Å². The molecule has 0 saturated carbocycles. The molecule has 0 aliphatic carbocycles. The highest BCUT2D eigenvalue weighted by atomic mass is 19.4. The highest BCUT2D eigenvalue weighted by molar-refractivity contribution is 5.95. The van der Waals surface area contributed by atoms with E-state index in [9.17, 15) is 22.4 Å². The van der Waals surface area contributed by atoms with E-state index < -0.39 is 35.2 Å². The molecule has 0 radical (unpaired) electrons. The Kier molecular flexibility index (Phi) is 7.09. The van der Waals surface area contributed by atoms with Crippen LogP contribution in [0.5, 0.6) is 5.75 Å². The van der Waals surface area contributed by atoms with Crippen LogP contribution in [0.1, 0.15) is 38.2 Å².